The average molecular weight is 375 g/mol. The molecule has 1 aliphatic carbocycles. The van der Waals surface area contributed by atoms with E-state index in [-0.39, 0.29) is 11.8 Å². The molecule has 0 radical (unpaired) electrons. The fraction of sp³-hybridized carbons (Fsp3) is 0.238. The fourth-order valence-electron chi connectivity index (χ4n) is 2.97. The first kappa shape index (κ1) is 17.9. The summed E-state index contributed by atoms with van der Waals surface area (Å²) < 4.78 is 1.71. The van der Waals surface area contributed by atoms with E-state index >= 15 is 0 Å². The number of hydrogen-bond acceptors (Lipinski definition) is 4. The van der Waals surface area contributed by atoms with Crippen LogP contribution in [0.3, 0.4) is 0 Å². The zero-order valence-corrected chi connectivity index (χ0v) is 15.8. The van der Waals surface area contributed by atoms with Gasteiger partial charge in [-0.2, -0.15) is 5.10 Å². The minimum atomic E-state index is -0.252. The van der Waals surface area contributed by atoms with Gasteiger partial charge in [-0.15, -0.1) is 0 Å². The molecule has 7 nitrogen and oxygen atoms in total. The highest BCUT2D eigenvalue weighted by atomic mass is 16.2. The molecule has 3 aromatic rings. The van der Waals surface area contributed by atoms with E-state index in [0.29, 0.717) is 17.3 Å². The normalized spacial score (nSPS) is 13.8. The number of aryl methyl sites for hydroxylation is 2. The molecule has 1 aromatic carbocycles. The Labute approximate surface area is 162 Å². The molecule has 28 heavy (non-hydrogen) atoms. The Balaban J connectivity index is 1.39. The van der Waals surface area contributed by atoms with Crippen LogP contribution in [0.1, 0.15) is 34.5 Å². The molecule has 2 aromatic heterocycles. The molecule has 2 heterocycles. The van der Waals surface area contributed by atoms with E-state index in [1.165, 1.54) is 6.08 Å². The summed E-state index contributed by atoms with van der Waals surface area (Å²) in [4.78, 5) is 28.5. The van der Waals surface area contributed by atoms with Gasteiger partial charge in [-0.05, 0) is 49.6 Å². The Bertz CT molecular complexity index is 1080. The highest BCUT2D eigenvalue weighted by Crippen LogP contribution is 2.20. The number of rotatable bonds is 5. The van der Waals surface area contributed by atoms with Crippen LogP contribution in [0.4, 0.5) is 5.69 Å². The Morgan fingerprint density at radius 3 is 2.68 bits per heavy atom. The van der Waals surface area contributed by atoms with E-state index < -0.39 is 0 Å². The van der Waals surface area contributed by atoms with Crippen LogP contribution < -0.4 is 10.6 Å². The minimum Gasteiger partial charge on any atom is -0.349 e. The second-order valence-electron chi connectivity index (χ2n) is 7.00. The van der Waals surface area contributed by atoms with Crippen molar-refractivity contribution < 1.29 is 9.59 Å². The van der Waals surface area contributed by atoms with Gasteiger partial charge < -0.3 is 10.6 Å². The van der Waals surface area contributed by atoms with Crippen LogP contribution >= 0.6 is 0 Å². The standard InChI is InChI=1S/C21H21N5O2/c1-13-18-11-17(12-22-20(18)26(2)25-13)23-19(27)10-5-14-3-6-15(7-4-14)21(28)24-16-8-9-16/h3-7,10-12,16H,8-9H2,1-2H3,(H,23,27)(H,24,28)/b10-5+. The summed E-state index contributed by atoms with van der Waals surface area (Å²) in [5.41, 5.74) is 3.72. The first-order chi connectivity index (χ1) is 13.5. The van der Waals surface area contributed by atoms with Crippen molar-refractivity contribution in [2.45, 2.75) is 25.8 Å². The molecule has 0 saturated heterocycles. The van der Waals surface area contributed by atoms with Gasteiger partial charge in [0.15, 0.2) is 5.65 Å². The maximum atomic E-state index is 12.2. The largest absolute Gasteiger partial charge is 0.349 e. The molecule has 0 aliphatic heterocycles. The molecule has 0 spiro atoms. The molecule has 0 atom stereocenters. The third-order valence-corrected chi connectivity index (χ3v) is 4.64. The summed E-state index contributed by atoms with van der Waals surface area (Å²) in [7, 11) is 1.84. The third kappa shape index (κ3) is 3.93. The number of nitrogens with one attached hydrogen (secondary N) is 2. The van der Waals surface area contributed by atoms with Crippen molar-refractivity contribution in [2.75, 3.05) is 5.32 Å². The molecular weight excluding hydrogens is 354 g/mol. The Morgan fingerprint density at radius 2 is 1.96 bits per heavy atom. The van der Waals surface area contributed by atoms with Gasteiger partial charge in [0, 0.05) is 30.1 Å². The lowest BCUT2D eigenvalue weighted by Gasteiger charge is -2.04. The summed E-state index contributed by atoms with van der Waals surface area (Å²) in [5, 5.41) is 11.0. The Morgan fingerprint density at radius 1 is 1.21 bits per heavy atom. The first-order valence-corrected chi connectivity index (χ1v) is 9.19. The van der Waals surface area contributed by atoms with Gasteiger partial charge in [-0.25, -0.2) is 4.98 Å². The lowest BCUT2D eigenvalue weighted by Crippen LogP contribution is -2.25. The minimum absolute atomic E-state index is 0.0515. The molecule has 1 saturated carbocycles. The average Bonchev–Trinajstić information content (AvgIpc) is 3.45. The molecule has 2 N–H and O–H groups in total. The van der Waals surface area contributed by atoms with Crippen LogP contribution in [-0.2, 0) is 11.8 Å². The summed E-state index contributed by atoms with van der Waals surface area (Å²) in [5.74, 6) is -0.303. The number of fused-ring (bicyclic) bond motifs is 1. The molecule has 0 unspecified atom stereocenters. The lowest BCUT2D eigenvalue weighted by molar-refractivity contribution is -0.111. The van der Waals surface area contributed by atoms with Gasteiger partial charge in [0.2, 0.25) is 5.91 Å². The van der Waals surface area contributed by atoms with E-state index in [1.54, 1.807) is 29.1 Å². The number of carbonyl (C=O) groups is 2. The highest BCUT2D eigenvalue weighted by Gasteiger charge is 2.23. The van der Waals surface area contributed by atoms with Crippen LogP contribution in [0, 0.1) is 6.92 Å². The van der Waals surface area contributed by atoms with Gasteiger partial charge >= 0.3 is 0 Å². The van der Waals surface area contributed by atoms with Gasteiger partial charge in [0.05, 0.1) is 17.6 Å². The van der Waals surface area contributed by atoms with Crippen LogP contribution in [0.25, 0.3) is 17.1 Å². The van der Waals surface area contributed by atoms with Crippen molar-refractivity contribution in [3.8, 4) is 0 Å². The quantitative estimate of drug-likeness (QED) is 0.671. The summed E-state index contributed by atoms with van der Waals surface area (Å²) in [6, 6.07) is 9.36. The highest BCUT2D eigenvalue weighted by molar-refractivity contribution is 6.02. The summed E-state index contributed by atoms with van der Waals surface area (Å²) >= 11 is 0. The van der Waals surface area contributed by atoms with Crippen LogP contribution in [-0.4, -0.2) is 32.6 Å². The van der Waals surface area contributed by atoms with Crippen molar-refractivity contribution in [3.05, 3.63) is 59.4 Å². The maximum Gasteiger partial charge on any atom is 0.251 e. The van der Waals surface area contributed by atoms with E-state index in [9.17, 15) is 9.59 Å². The zero-order chi connectivity index (χ0) is 19.7. The molecular formula is C21H21N5O2. The second-order valence-corrected chi connectivity index (χ2v) is 7.00. The maximum absolute atomic E-state index is 12.2. The molecule has 1 fully saturated rings. The van der Waals surface area contributed by atoms with Gasteiger partial charge in [0.25, 0.3) is 5.91 Å². The number of carbonyl (C=O) groups excluding carboxylic acids is 2. The van der Waals surface area contributed by atoms with Gasteiger partial charge in [-0.3, -0.25) is 14.3 Å². The zero-order valence-electron chi connectivity index (χ0n) is 15.8. The van der Waals surface area contributed by atoms with Gasteiger partial charge in [0.1, 0.15) is 0 Å². The van der Waals surface area contributed by atoms with Crippen LogP contribution in [0.15, 0.2) is 42.6 Å². The van der Waals surface area contributed by atoms with E-state index in [4.69, 9.17) is 0 Å². The number of anilines is 1. The predicted octanol–water partition coefficient (Wildman–Crippen LogP) is 2.82. The number of hydrogen-bond donors (Lipinski definition) is 2. The van der Waals surface area contributed by atoms with E-state index in [1.807, 2.05) is 32.2 Å². The molecule has 0 bridgehead atoms. The third-order valence-electron chi connectivity index (χ3n) is 4.64. The summed E-state index contributed by atoms with van der Waals surface area (Å²) in [6.45, 7) is 1.91. The predicted molar refractivity (Wildman–Crippen MR) is 108 cm³/mol. The van der Waals surface area contributed by atoms with Crippen molar-refractivity contribution in [3.63, 3.8) is 0 Å². The topological polar surface area (TPSA) is 88.9 Å². The first-order valence-electron chi connectivity index (χ1n) is 9.19. The SMILES string of the molecule is Cc1nn(C)c2ncc(NC(=O)/C=C/c3ccc(C(=O)NC4CC4)cc3)cc12. The fourth-order valence-corrected chi connectivity index (χ4v) is 2.97. The number of benzene rings is 1. The van der Waals surface area contributed by atoms with Crippen LogP contribution in [0.2, 0.25) is 0 Å². The summed E-state index contributed by atoms with van der Waals surface area (Å²) in [6.07, 6.45) is 6.90. The number of aromatic nitrogens is 3. The monoisotopic (exact) mass is 375 g/mol. The number of nitrogens with zero attached hydrogens (tertiary/aromatic N) is 3. The van der Waals surface area contributed by atoms with Crippen molar-refractivity contribution >= 4 is 34.6 Å². The number of pyridine rings is 1. The molecule has 4 rings (SSSR count). The van der Waals surface area contributed by atoms with E-state index in [0.717, 1.165) is 35.1 Å². The number of amides is 2. The lowest BCUT2D eigenvalue weighted by atomic mass is 10.1. The van der Waals surface area contributed by atoms with Crippen molar-refractivity contribution in [2.24, 2.45) is 7.05 Å². The molecule has 1 aliphatic rings. The van der Waals surface area contributed by atoms with Gasteiger partial charge in [-0.1, -0.05) is 12.1 Å². The van der Waals surface area contributed by atoms with Crippen LogP contribution in [0.5, 0.6) is 0 Å². The van der Waals surface area contributed by atoms with Crippen molar-refractivity contribution in [1.82, 2.24) is 20.1 Å². The Hall–Kier alpha value is -3.48. The van der Waals surface area contributed by atoms with Crippen molar-refractivity contribution in [1.29, 1.82) is 0 Å². The second kappa shape index (κ2) is 7.26. The molecule has 142 valence electrons. The smallest absolute Gasteiger partial charge is 0.251 e. The molecule has 2 amide bonds. The Kier molecular flexibility index (Phi) is 4.65. The van der Waals surface area contributed by atoms with E-state index in [2.05, 4.69) is 20.7 Å². The molecule has 7 heteroatoms.